The van der Waals surface area contributed by atoms with Crippen molar-refractivity contribution in [2.75, 3.05) is 0 Å². The molecule has 2 nitrogen and oxygen atoms in total. The van der Waals surface area contributed by atoms with Gasteiger partial charge in [0.15, 0.2) is 0 Å². The van der Waals surface area contributed by atoms with Gasteiger partial charge in [-0.3, -0.25) is 0 Å². The first-order chi connectivity index (χ1) is 9.02. The lowest BCUT2D eigenvalue weighted by molar-refractivity contribution is 0.282. The summed E-state index contributed by atoms with van der Waals surface area (Å²) in [6.07, 6.45) is 8.00. The van der Waals surface area contributed by atoms with E-state index in [1.165, 1.54) is 41.3 Å². The highest BCUT2D eigenvalue weighted by Gasteiger charge is 2.43. The molecule has 1 aromatic rings. The second-order valence-corrected chi connectivity index (χ2v) is 8.86. The van der Waals surface area contributed by atoms with Gasteiger partial charge in [0.25, 0.3) is 0 Å². The van der Waals surface area contributed by atoms with E-state index in [0.29, 0.717) is 5.41 Å². The number of hydrogen-bond acceptors (Lipinski definition) is 3. The number of thiazole rings is 1. The van der Waals surface area contributed by atoms with Crippen molar-refractivity contribution < 1.29 is 0 Å². The zero-order chi connectivity index (χ0) is 13.2. The quantitative estimate of drug-likeness (QED) is 0.841. The Morgan fingerprint density at radius 1 is 1.26 bits per heavy atom. The molecule has 3 aliphatic carbocycles. The lowest BCUT2D eigenvalue weighted by Crippen LogP contribution is -2.28. The Morgan fingerprint density at radius 2 is 2.11 bits per heavy atom. The lowest BCUT2D eigenvalue weighted by atomic mass is 9.76. The van der Waals surface area contributed by atoms with Gasteiger partial charge in [0.05, 0.1) is 10.7 Å². The van der Waals surface area contributed by atoms with Gasteiger partial charge in [-0.15, -0.1) is 11.3 Å². The largest absolute Gasteiger partial charge is 0.323 e. The molecule has 0 aromatic carbocycles. The SMILES string of the molecule is CC1(C)Cc2nc(C3CC4CCC3C4)sc2C(N)C1. The minimum absolute atomic E-state index is 0.226. The molecule has 4 atom stereocenters. The molecule has 2 N–H and O–H groups in total. The smallest absolute Gasteiger partial charge is 0.0965 e. The van der Waals surface area contributed by atoms with Crippen molar-refractivity contribution in [2.45, 2.75) is 64.3 Å². The summed E-state index contributed by atoms with van der Waals surface area (Å²) in [5.41, 5.74) is 8.03. The van der Waals surface area contributed by atoms with E-state index in [1.54, 1.807) is 0 Å². The molecule has 0 spiro atoms. The average molecular weight is 276 g/mol. The number of rotatable bonds is 1. The third-order valence-electron chi connectivity index (χ3n) is 5.55. The normalized spacial score (nSPS) is 39.5. The van der Waals surface area contributed by atoms with Crippen LogP contribution >= 0.6 is 11.3 Å². The molecule has 2 saturated carbocycles. The Labute approximate surface area is 119 Å². The fourth-order valence-electron chi connectivity index (χ4n) is 4.72. The first-order valence-corrected chi connectivity index (χ1v) is 8.58. The molecule has 2 fully saturated rings. The molecule has 4 unspecified atom stereocenters. The third-order valence-corrected chi connectivity index (χ3v) is 6.92. The van der Waals surface area contributed by atoms with Crippen molar-refractivity contribution in [2.24, 2.45) is 23.0 Å². The van der Waals surface area contributed by atoms with E-state index >= 15 is 0 Å². The van der Waals surface area contributed by atoms with Crippen LogP contribution in [0.3, 0.4) is 0 Å². The highest BCUT2D eigenvalue weighted by atomic mass is 32.1. The predicted octanol–water partition coefficient (Wildman–Crippen LogP) is 4.02. The molecule has 1 aromatic heterocycles. The zero-order valence-corrected chi connectivity index (χ0v) is 12.8. The highest BCUT2D eigenvalue weighted by molar-refractivity contribution is 7.12. The number of aromatic nitrogens is 1. The number of fused-ring (bicyclic) bond motifs is 3. The number of hydrogen-bond donors (Lipinski definition) is 1. The van der Waals surface area contributed by atoms with E-state index in [9.17, 15) is 0 Å². The van der Waals surface area contributed by atoms with Crippen molar-refractivity contribution in [3.05, 3.63) is 15.6 Å². The van der Waals surface area contributed by atoms with Crippen LogP contribution in [0.4, 0.5) is 0 Å². The van der Waals surface area contributed by atoms with Crippen LogP contribution in [0.1, 0.15) is 73.5 Å². The Morgan fingerprint density at radius 3 is 2.79 bits per heavy atom. The zero-order valence-electron chi connectivity index (χ0n) is 12.0. The second-order valence-electron chi connectivity index (χ2n) is 7.80. The lowest BCUT2D eigenvalue weighted by Gasteiger charge is -2.32. The summed E-state index contributed by atoms with van der Waals surface area (Å²) in [5.74, 6) is 2.70. The summed E-state index contributed by atoms with van der Waals surface area (Å²) in [6.45, 7) is 4.65. The van der Waals surface area contributed by atoms with Gasteiger partial charge in [-0.25, -0.2) is 4.98 Å². The van der Waals surface area contributed by atoms with Crippen LogP contribution in [0.2, 0.25) is 0 Å². The van der Waals surface area contributed by atoms with E-state index in [4.69, 9.17) is 10.7 Å². The van der Waals surface area contributed by atoms with Gasteiger partial charge in [0.1, 0.15) is 0 Å². The Kier molecular flexibility index (Phi) is 2.63. The molecule has 2 bridgehead atoms. The summed E-state index contributed by atoms with van der Waals surface area (Å²) in [5, 5.41) is 1.42. The van der Waals surface area contributed by atoms with Crippen molar-refractivity contribution in [3.63, 3.8) is 0 Å². The number of nitrogens with zero attached hydrogens (tertiary/aromatic N) is 1. The van der Waals surface area contributed by atoms with Crippen LogP contribution in [0.15, 0.2) is 0 Å². The van der Waals surface area contributed by atoms with Crippen LogP contribution in [0.25, 0.3) is 0 Å². The van der Waals surface area contributed by atoms with Crippen LogP contribution in [0.5, 0.6) is 0 Å². The molecule has 104 valence electrons. The summed E-state index contributed by atoms with van der Waals surface area (Å²) < 4.78 is 0. The van der Waals surface area contributed by atoms with Crippen LogP contribution in [-0.2, 0) is 6.42 Å². The molecule has 3 heteroatoms. The fourth-order valence-corrected chi connectivity index (χ4v) is 6.01. The van der Waals surface area contributed by atoms with Crippen molar-refractivity contribution in [1.29, 1.82) is 0 Å². The monoisotopic (exact) mass is 276 g/mol. The second kappa shape index (κ2) is 4.05. The first-order valence-electron chi connectivity index (χ1n) is 7.77. The summed E-state index contributed by atoms with van der Waals surface area (Å²) >= 11 is 1.94. The topological polar surface area (TPSA) is 38.9 Å². The summed E-state index contributed by atoms with van der Waals surface area (Å²) in [4.78, 5) is 6.44. The van der Waals surface area contributed by atoms with Crippen molar-refractivity contribution >= 4 is 11.3 Å². The third kappa shape index (κ3) is 1.97. The van der Waals surface area contributed by atoms with Gasteiger partial charge in [0, 0.05) is 16.8 Å². The maximum atomic E-state index is 6.38. The molecule has 0 radical (unpaired) electrons. The van der Waals surface area contributed by atoms with Crippen LogP contribution < -0.4 is 5.73 Å². The minimum Gasteiger partial charge on any atom is -0.323 e. The van der Waals surface area contributed by atoms with Crippen molar-refractivity contribution in [1.82, 2.24) is 4.98 Å². The maximum Gasteiger partial charge on any atom is 0.0965 e. The van der Waals surface area contributed by atoms with Gasteiger partial charge in [0.2, 0.25) is 0 Å². The van der Waals surface area contributed by atoms with Crippen LogP contribution in [0, 0.1) is 17.3 Å². The number of nitrogens with two attached hydrogens (primary N) is 1. The van der Waals surface area contributed by atoms with E-state index in [1.807, 2.05) is 11.3 Å². The van der Waals surface area contributed by atoms with E-state index in [-0.39, 0.29) is 6.04 Å². The van der Waals surface area contributed by atoms with Gasteiger partial charge in [-0.2, -0.15) is 0 Å². The highest BCUT2D eigenvalue weighted by Crippen LogP contribution is 2.54. The average Bonchev–Trinajstić information content (AvgIpc) is 2.98. The Hall–Kier alpha value is -0.410. The fraction of sp³-hybridized carbons (Fsp3) is 0.812. The van der Waals surface area contributed by atoms with Gasteiger partial charge in [-0.1, -0.05) is 20.3 Å². The molecule has 19 heavy (non-hydrogen) atoms. The minimum atomic E-state index is 0.226. The van der Waals surface area contributed by atoms with Gasteiger partial charge >= 0.3 is 0 Å². The molecular formula is C16H24N2S. The summed E-state index contributed by atoms with van der Waals surface area (Å²) in [6, 6.07) is 0.226. The molecule has 0 aliphatic heterocycles. The molecular weight excluding hydrogens is 252 g/mol. The molecule has 1 heterocycles. The first kappa shape index (κ1) is 12.3. The Balaban J connectivity index is 1.66. The molecule has 0 saturated heterocycles. The van der Waals surface area contributed by atoms with E-state index in [2.05, 4.69) is 13.8 Å². The summed E-state index contributed by atoms with van der Waals surface area (Å²) in [7, 11) is 0. The standard InChI is InChI=1S/C16H24N2S/c1-16(2)7-12(17)14-13(8-16)18-15(19-14)11-6-9-3-4-10(11)5-9/h9-12H,3-8,17H2,1-2H3. The Bertz CT molecular complexity index is 505. The molecule has 4 rings (SSSR count). The van der Waals surface area contributed by atoms with Gasteiger partial charge < -0.3 is 5.73 Å². The predicted molar refractivity (Wildman–Crippen MR) is 79.3 cm³/mol. The van der Waals surface area contributed by atoms with E-state index in [0.717, 1.165) is 30.6 Å². The molecule has 0 amide bonds. The van der Waals surface area contributed by atoms with Crippen LogP contribution in [-0.4, -0.2) is 4.98 Å². The maximum absolute atomic E-state index is 6.38. The van der Waals surface area contributed by atoms with E-state index < -0.39 is 0 Å². The van der Waals surface area contributed by atoms with Gasteiger partial charge in [-0.05, 0) is 49.4 Å². The molecule has 3 aliphatic rings. The van der Waals surface area contributed by atoms with Crippen molar-refractivity contribution in [3.8, 4) is 0 Å².